The first-order valence-electron chi connectivity index (χ1n) is 9.74. The minimum Gasteiger partial charge on any atom is -0.462 e. The Hall–Kier alpha value is -2.24. The molecule has 0 radical (unpaired) electrons. The highest BCUT2D eigenvalue weighted by Crippen LogP contribution is 2.31. The van der Waals surface area contributed by atoms with Crippen LogP contribution < -0.4 is 5.32 Å². The molecular formula is C19H26N4O5S2. The lowest BCUT2D eigenvalue weighted by Crippen LogP contribution is -2.44. The third-order valence-electron chi connectivity index (χ3n) is 5.00. The SMILES string of the molecule is CCOC(=O)c1c(C)[nH]c(C)c1S(=O)(=O)N1CCC[C@@H](C(=O)Nc2nc(C)cs2)C1. The molecule has 30 heavy (non-hydrogen) atoms. The molecular weight excluding hydrogens is 428 g/mol. The standard InChI is InChI=1S/C19H26N4O5S2/c1-5-28-18(25)15-12(3)21-13(4)16(15)30(26,27)23-8-6-7-14(9-23)17(24)22-19-20-11(2)10-29-19/h10,14,21H,5-9H2,1-4H3,(H,20,22,24)/t14-/m1/s1. The van der Waals surface area contributed by atoms with Crippen molar-refractivity contribution in [1.82, 2.24) is 14.3 Å². The third-order valence-corrected chi connectivity index (χ3v) is 7.91. The van der Waals surface area contributed by atoms with Gasteiger partial charge in [-0.2, -0.15) is 4.31 Å². The van der Waals surface area contributed by atoms with Gasteiger partial charge in [0.05, 0.1) is 18.2 Å². The van der Waals surface area contributed by atoms with E-state index in [1.54, 1.807) is 20.8 Å². The molecule has 1 amide bonds. The molecule has 0 unspecified atom stereocenters. The Kier molecular flexibility index (Phi) is 6.63. The van der Waals surface area contributed by atoms with Crippen molar-refractivity contribution < 1.29 is 22.7 Å². The number of ether oxygens (including phenoxy) is 1. The number of aromatic amines is 1. The van der Waals surface area contributed by atoms with Crippen LogP contribution in [0.1, 0.15) is 47.2 Å². The average molecular weight is 455 g/mol. The van der Waals surface area contributed by atoms with E-state index >= 15 is 0 Å². The Labute approximate surface area is 179 Å². The number of carbonyl (C=O) groups is 2. The van der Waals surface area contributed by atoms with Crippen molar-refractivity contribution in [1.29, 1.82) is 0 Å². The zero-order valence-electron chi connectivity index (χ0n) is 17.4. The van der Waals surface area contributed by atoms with Crippen LogP contribution in [-0.4, -0.2) is 54.3 Å². The molecule has 1 atom stereocenters. The first-order chi connectivity index (χ1) is 14.1. The highest BCUT2D eigenvalue weighted by molar-refractivity contribution is 7.89. The van der Waals surface area contributed by atoms with Crippen LogP contribution in [0, 0.1) is 26.7 Å². The highest BCUT2D eigenvalue weighted by Gasteiger charge is 2.38. The van der Waals surface area contributed by atoms with Crippen molar-refractivity contribution in [3.05, 3.63) is 28.0 Å². The van der Waals surface area contributed by atoms with Crippen LogP contribution >= 0.6 is 11.3 Å². The minimum atomic E-state index is -3.99. The lowest BCUT2D eigenvalue weighted by Gasteiger charge is -2.31. The molecule has 2 aromatic rings. The molecule has 0 bridgehead atoms. The van der Waals surface area contributed by atoms with Gasteiger partial charge in [-0.3, -0.25) is 4.79 Å². The van der Waals surface area contributed by atoms with E-state index in [-0.39, 0.29) is 36.1 Å². The number of anilines is 1. The molecule has 2 aromatic heterocycles. The number of sulfonamides is 1. The van der Waals surface area contributed by atoms with Gasteiger partial charge >= 0.3 is 5.97 Å². The van der Waals surface area contributed by atoms with Gasteiger partial charge in [0.1, 0.15) is 10.5 Å². The normalized spacial score (nSPS) is 17.7. The monoisotopic (exact) mass is 454 g/mol. The van der Waals surface area contributed by atoms with Gasteiger partial charge in [-0.25, -0.2) is 18.2 Å². The van der Waals surface area contributed by atoms with Crippen molar-refractivity contribution in [2.45, 2.75) is 45.4 Å². The number of carbonyl (C=O) groups excluding carboxylic acids is 2. The number of hydrogen-bond donors (Lipinski definition) is 2. The maximum Gasteiger partial charge on any atom is 0.341 e. The maximum atomic E-state index is 13.4. The summed E-state index contributed by atoms with van der Waals surface area (Å²) in [6.45, 7) is 7.23. The highest BCUT2D eigenvalue weighted by atomic mass is 32.2. The van der Waals surface area contributed by atoms with Crippen LogP contribution in [0.5, 0.6) is 0 Å². The summed E-state index contributed by atoms with van der Waals surface area (Å²) in [6, 6.07) is 0. The minimum absolute atomic E-state index is 0.0270. The molecule has 1 fully saturated rings. The van der Waals surface area contributed by atoms with Crippen LogP contribution in [0.3, 0.4) is 0 Å². The first-order valence-corrected chi connectivity index (χ1v) is 12.1. The molecule has 3 heterocycles. The van der Waals surface area contributed by atoms with Crippen molar-refractivity contribution in [2.75, 3.05) is 25.0 Å². The Morgan fingerprint density at radius 3 is 2.70 bits per heavy atom. The number of H-pyrrole nitrogens is 1. The number of thiazole rings is 1. The Bertz CT molecular complexity index is 1060. The summed E-state index contributed by atoms with van der Waals surface area (Å²) >= 11 is 1.33. The van der Waals surface area contributed by atoms with E-state index in [1.165, 1.54) is 15.6 Å². The lowest BCUT2D eigenvalue weighted by molar-refractivity contribution is -0.120. The second kappa shape index (κ2) is 8.86. The summed E-state index contributed by atoms with van der Waals surface area (Å²) in [5, 5.41) is 5.11. The number of amides is 1. The van der Waals surface area contributed by atoms with Crippen molar-refractivity contribution in [3.8, 4) is 0 Å². The van der Waals surface area contributed by atoms with Gasteiger partial charge in [0, 0.05) is 29.9 Å². The predicted molar refractivity (Wildman–Crippen MR) is 113 cm³/mol. The van der Waals surface area contributed by atoms with Gasteiger partial charge in [0.2, 0.25) is 15.9 Å². The second-order valence-electron chi connectivity index (χ2n) is 7.29. The topological polar surface area (TPSA) is 121 Å². The summed E-state index contributed by atoms with van der Waals surface area (Å²) in [7, 11) is -3.99. The summed E-state index contributed by atoms with van der Waals surface area (Å²) < 4.78 is 33.2. The molecule has 1 saturated heterocycles. The summed E-state index contributed by atoms with van der Waals surface area (Å²) in [6.07, 6.45) is 1.13. The predicted octanol–water partition coefficient (Wildman–Crippen LogP) is 2.61. The van der Waals surface area contributed by atoms with E-state index in [9.17, 15) is 18.0 Å². The fraction of sp³-hybridized carbons (Fsp3) is 0.526. The van der Waals surface area contributed by atoms with Gasteiger partial charge in [0.25, 0.3) is 0 Å². The molecule has 9 nitrogen and oxygen atoms in total. The van der Waals surface area contributed by atoms with E-state index < -0.39 is 21.9 Å². The maximum absolute atomic E-state index is 13.4. The van der Waals surface area contributed by atoms with Crippen LogP contribution in [0.15, 0.2) is 10.3 Å². The lowest BCUT2D eigenvalue weighted by atomic mass is 9.99. The van der Waals surface area contributed by atoms with Gasteiger partial charge in [-0.15, -0.1) is 11.3 Å². The molecule has 3 rings (SSSR count). The smallest absolute Gasteiger partial charge is 0.341 e. The molecule has 2 N–H and O–H groups in total. The quantitative estimate of drug-likeness (QED) is 0.647. The average Bonchev–Trinajstić information content (AvgIpc) is 3.23. The molecule has 1 aliphatic rings. The third kappa shape index (κ3) is 4.42. The molecule has 164 valence electrons. The van der Waals surface area contributed by atoms with Crippen molar-refractivity contribution >= 4 is 38.4 Å². The fourth-order valence-corrected chi connectivity index (χ4v) is 6.28. The zero-order valence-corrected chi connectivity index (χ0v) is 19.1. The number of hydrogen-bond acceptors (Lipinski definition) is 7. The molecule has 11 heteroatoms. The zero-order chi connectivity index (χ0) is 22.1. The summed E-state index contributed by atoms with van der Waals surface area (Å²) in [5.41, 5.74) is 1.66. The van der Waals surface area contributed by atoms with Crippen molar-refractivity contribution in [2.24, 2.45) is 5.92 Å². The number of nitrogens with one attached hydrogen (secondary N) is 2. The summed E-state index contributed by atoms with van der Waals surface area (Å²) in [4.78, 5) is 32.2. The molecule has 0 saturated carbocycles. The number of esters is 1. The summed E-state index contributed by atoms with van der Waals surface area (Å²) in [5.74, 6) is -1.43. The van der Waals surface area contributed by atoms with Crippen molar-refractivity contribution in [3.63, 3.8) is 0 Å². The van der Waals surface area contributed by atoms with Crippen LogP contribution in [-0.2, 0) is 19.6 Å². The molecule has 1 aliphatic heterocycles. The van der Waals surface area contributed by atoms with Crippen LogP contribution in [0.25, 0.3) is 0 Å². The van der Waals surface area contributed by atoms with E-state index in [4.69, 9.17) is 4.74 Å². The van der Waals surface area contributed by atoms with Crippen LogP contribution in [0.2, 0.25) is 0 Å². The number of piperidine rings is 1. The Balaban J connectivity index is 1.84. The molecule has 0 aliphatic carbocycles. The number of nitrogens with zero attached hydrogens (tertiary/aromatic N) is 2. The Morgan fingerprint density at radius 2 is 2.07 bits per heavy atom. The molecule has 0 spiro atoms. The number of rotatable bonds is 6. The van der Waals surface area contributed by atoms with Gasteiger partial charge in [0.15, 0.2) is 5.13 Å². The van der Waals surface area contributed by atoms with Gasteiger partial charge < -0.3 is 15.0 Å². The largest absolute Gasteiger partial charge is 0.462 e. The second-order valence-corrected chi connectivity index (χ2v) is 10.0. The van der Waals surface area contributed by atoms with Gasteiger partial charge in [-0.1, -0.05) is 0 Å². The number of aryl methyl sites for hydroxylation is 3. The van der Waals surface area contributed by atoms with E-state index in [0.717, 1.165) is 5.69 Å². The first kappa shape index (κ1) is 22.4. The van der Waals surface area contributed by atoms with E-state index in [1.807, 2.05) is 12.3 Å². The fourth-order valence-electron chi connectivity index (χ4n) is 3.65. The van der Waals surface area contributed by atoms with E-state index in [2.05, 4.69) is 15.3 Å². The Morgan fingerprint density at radius 1 is 1.33 bits per heavy atom. The van der Waals surface area contributed by atoms with E-state index in [0.29, 0.717) is 29.4 Å². The number of aromatic nitrogens is 2. The van der Waals surface area contributed by atoms with Gasteiger partial charge in [-0.05, 0) is 40.5 Å². The van der Waals surface area contributed by atoms with Crippen LogP contribution in [0.4, 0.5) is 5.13 Å². The molecule has 0 aromatic carbocycles.